The van der Waals surface area contributed by atoms with Crippen LogP contribution >= 0.6 is 0 Å². The maximum Gasteiger partial charge on any atom is 0.0842 e. The van der Waals surface area contributed by atoms with Crippen LogP contribution in [0.3, 0.4) is 0 Å². The SMILES string of the molecule is Cc1ccc(CC(O)C(O)C2CC2)cc1. The van der Waals surface area contributed by atoms with Crippen molar-refractivity contribution in [2.24, 2.45) is 5.92 Å². The van der Waals surface area contributed by atoms with E-state index in [4.69, 9.17) is 0 Å². The van der Waals surface area contributed by atoms with Gasteiger partial charge in [0.1, 0.15) is 0 Å². The number of hydrogen-bond acceptors (Lipinski definition) is 2. The Morgan fingerprint density at radius 3 is 2.33 bits per heavy atom. The summed E-state index contributed by atoms with van der Waals surface area (Å²) < 4.78 is 0. The number of aryl methyl sites for hydroxylation is 1. The second kappa shape index (κ2) is 4.33. The molecule has 1 fully saturated rings. The van der Waals surface area contributed by atoms with Crippen LogP contribution in [-0.4, -0.2) is 22.4 Å². The van der Waals surface area contributed by atoms with E-state index in [-0.39, 0.29) is 0 Å². The zero-order valence-electron chi connectivity index (χ0n) is 9.06. The molecule has 1 aromatic rings. The van der Waals surface area contributed by atoms with E-state index in [0.717, 1.165) is 18.4 Å². The van der Waals surface area contributed by atoms with E-state index in [2.05, 4.69) is 0 Å². The van der Waals surface area contributed by atoms with Gasteiger partial charge in [-0.2, -0.15) is 0 Å². The van der Waals surface area contributed by atoms with Gasteiger partial charge in [-0.05, 0) is 31.2 Å². The summed E-state index contributed by atoms with van der Waals surface area (Å²) in [5.74, 6) is 0.338. The second-order valence-corrected chi connectivity index (χ2v) is 4.59. The highest BCUT2D eigenvalue weighted by molar-refractivity contribution is 5.22. The molecule has 15 heavy (non-hydrogen) atoms. The van der Waals surface area contributed by atoms with Crippen molar-refractivity contribution < 1.29 is 10.2 Å². The van der Waals surface area contributed by atoms with Gasteiger partial charge < -0.3 is 10.2 Å². The molecule has 82 valence electrons. The number of rotatable bonds is 4. The van der Waals surface area contributed by atoms with Gasteiger partial charge in [-0.3, -0.25) is 0 Å². The maximum atomic E-state index is 9.80. The average Bonchev–Trinajstić information content (AvgIpc) is 3.04. The molecular formula is C13H18O2. The molecule has 1 aliphatic rings. The van der Waals surface area contributed by atoms with Gasteiger partial charge in [0.25, 0.3) is 0 Å². The Kier molecular flexibility index (Phi) is 3.08. The molecule has 1 aliphatic carbocycles. The van der Waals surface area contributed by atoms with E-state index in [1.54, 1.807) is 0 Å². The first kappa shape index (κ1) is 10.7. The lowest BCUT2D eigenvalue weighted by Crippen LogP contribution is -2.29. The zero-order valence-corrected chi connectivity index (χ0v) is 9.06. The van der Waals surface area contributed by atoms with Crippen LogP contribution in [0, 0.1) is 12.8 Å². The van der Waals surface area contributed by atoms with Crippen LogP contribution in [0.15, 0.2) is 24.3 Å². The van der Waals surface area contributed by atoms with E-state index in [9.17, 15) is 10.2 Å². The number of hydrogen-bond donors (Lipinski definition) is 2. The molecule has 0 aliphatic heterocycles. The Morgan fingerprint density at radius 1 is 1.20 bits per heavy atom. The summed E-state index contributed by atoms with van der Waals surface area (Å²) in [7, 11) is 0. The highest BCUT2D eigenvalue weighted by Gasteiger charge is 2.34. The molecule has 0 heterocycles. The van der Waals surface area contributed by atoms with E-state index in [1.165, 1.54) is 5.56 Å². The monoisotopic (exact) mass is 206 g/mol. The van der Waals surface area contributed by atoms with Crippen LogP contribution in [0.1, 0.15) is 24.0 Å². The molecule has 1 aromatic carbocycles. The van der Waals surface area contributed by atoms with E-state index in [1.807, 2.05) is 31.2 Å². The summed E-state index contributed by atoms with van der Waals surface area (Å²) in [6.07, 6.45) is 1.53. The highest BCUT2D eigenvalue weighted by Crippen LogP contribution is 2.34. The topological polar surface area (TPSA) is 40.5 Å². The van der Waals surface area contributed by atoms with Crippen LogP contribution in [0.2, 0.25) is 0 Å². The van der Waals surface area contributed by atoms with Crippen molar-refractivity contribution in [2.45, 2.75) is 38.4 Å². The summed E-state index contributed by atoms with van der Waals surface area (Å²) >= 11 is 0. The summed E-state index contributed by atoms with van der Waals surface area (Å²) in [5, 5.41) is 19.5. The van der Waals surface area contributed by atoms with Gasteiger partial charge in [0.15, 0.2) is 0 Å². The first-order valence-corrected chi connectivity index (χ1v) is 5.58. The first-order chi connectivity index (χ1) is 7.16. The predicted octanol–water partition coefficient (Wildman–Crippen LogP) is 1.67. The fourth-order valence-electron chi connectivity index (χ4n) is 1.84. The minimum Gasteiger partial charge on any atom is -0.390 e. The average molecular weight is 206 g/mol. The molecule has 2 unspecified atom stereocenters. The second-order valence-electron chi connectivity index (χ2n) is 4.59. The van der Waals surface area contributed by atoms with Crippen LogP contribution in [0.5, 0.6) is 0 Å². The zero-order chi connectivity index (χ0) is 10.8. The normalized spacial score (nSPS) is 19.9. The van der Waals surface area contributed by atoms with Crippen LogP contribution in [-0.2, 0) is 6.42 Å². The molecule has 0 radical (unpaired) electrons. The van der Waals surface area contributed by atoms with Crippen molar-refractivity contribution in [3.8, 4) is 0 Å². The van der Waals surface area contributed by atoms with Crippen molar-refractivity contribution in [3.05, 3.63) is 35.4 Å². The number of benzene rings is 1. The van der Waals surface area contributed by atoms with E-state index >= 15 is 0 Å². The lowest BCUT2D eigenvalue weighted by Gasteiger charge is -2.17. The van der Waals surface area contributed by atoms with Crippen molar-refractivity contribution in [1.29, 1.82) is 0 Å². The molecular weight excluding hydrogens is 188 g/mol. The lowest BCUT2D eigenvalue weighted by molar-refractivity contribution is 0.00673. The molecule has 2 N–H and O–H groups in total. The third-order valence-corrected chi connectivity index (χ3v) is 3.06. The van der Waals surface area contributed by atoms with Crippen molar-refractivity contribution in [2.75, 3.05) is 0 Å². The smallest absolute Gasteiger partial charge is 0.0842 e. The number of aliphatic hydroxyl groups excluding tert-OH is 2. The van der Waals surface area contributed by atoms with Gasteiger partial charge >= 0.3 is 0 Å². The van der Waals surface area contributed by atoms with Gasteiger partial charge in [-0.1, -0.05) is 29.8 Å². The standard InChI is InChI=1S/C13H18O2/c1-9-2-4-10(5-3-9)8-12(14)13(15)11-6-7-11/h2-5,11-15H,6-8H2,1H3. The molecule has 2 rings (SSSR count). The van der Waals surface area contributed by atoms with Crippen LogP contribution < -0.4 is 0 Å². The highest BCUT2D eigenvalue weighted by atomic mass is 16.3. The van der Waals surface area contributed by atoms with Crippen molar-refractivity contribution >= 4 is 0 Å². The summed E-state index contributed by atoms with van der Waals surface area (Å²) in [6.45, 7) is 2.04. The van der Waals surface area contributed by atoms with E-state index < -0.39 is 12.2 Å². The van der Waals surface area contributed by atoms with Gasteiger partial charge in [-0.15, -0.1) is 0 Å². The molecule has 0 saturated heterocycles. The molecule has 1 saturated carbocycles. The van der Waals surface area contributed by atoms with E-state index in [0.29, 0.717) is 12.3 Å². The third kappa shape index (κ3) is 2.80. The maximum absolute atomic E-state index is 9.80. The third-order valence-electron chi connectivity index (χ3n) is 3.06. The Morgan fingerprint density at radius 2 is 1.80 bits per heavy atom. The quantitative estimate of drug-likeness (QED) is 0.786. The Hall–Kier alpha value is -0.860. The molecule has 0 spiro atoms. The number of aliphatic hydroxyl groups is 2. The predicted molar refractivity (Wildman–Crippen MR) is 59.6 cm³/mol. The minimum absolute atomic E-state index is 0.338. The molecule has 2 atom stereocenters. The summed E-state index contributed by atoms with van der Waals surface area (Å²) in [5.41, 5.74) is 2.31. The molecule has 0 bridgehead atoms. The summed E-state index contributed by atoms with van der Waals surface area (Å²) in [4.78, 5) is 0. The molecule has 2 heteroatoms. The van der Waals surface area contributed by atoms with Crippen molar-refractivity contribution in [3.63, 3.8) is 0 Å². The van der Waals surface area contributed by atoms with Crippen molar-refractivity contribution in [1.82, 2.24) is 0 Å². The minimum atomic E-state index is -0.611. The van der Waals surface area contributed by atoms with Gasteiger partial charge in [0.05, 0.1) is 12.2 Å². The van der Waals surface area contributed by atoms with Gasteiger partial charge in [0.2, 0.25) is 0 Å². The first-order valence-electron chi connectivity index (χ1n) is 5.58. The van der Waals surface area contributed by atoms with Crippen LogP contribution in [0.4, 0.5) is 0 Å². The molecule has 0 amide bonds. The van der Waals surface area contributed by atoms with Gasteiger partial charge in [-0.25, -0.2) is 0 Å². The molecule has 0 aromatic heterocycles. The molecule has 2 nitrogen and oxygen atoms in total. The summed E-state index contributed by atoms with van der Waals surface area (Å²) in [6, 6.07) is 8.09. The Labute approximate surface area is 90.6 Å². The largest absolute Gasteiger partial charge is 0.390 e. The fourth-order valence-corrected chi connectivity index (χ4v) is 1.84. The van der Waals surface area contributed by atoms with Gasteiger partial charge in [0, 0.05) is 6.42 Å². The lowest BCUT2D eigenvalue weighted by atomic mass is 10.0. The Bertz CT molecular complexity index is 314. The Balaban J connectivity index is 1.92. The van der Waals surface area contributed by atoms with Crippen LogP contribution in [0.25, 0.3) is 0 Å². The fraction of sp³-hybridized carbons (Fsp3) is 0.538.